The third kappa shape index (κ3) is 3.53. The molecule has 0 aromatic heterocycles. The molecular formula is C13H13BrO3. The minimum absolute atomic E-state index is 0.0567. The monoisotopic (exact) mass is 296 g/mol. The maximum atomic E-state index is 11.9. The van der Waals surface area contributed by atoms with Crippen LogP contribution in [0.4, 0.5) is 0 Å². The molecule has 3 nitrogen and oxygen atoms in total. The van der Waals surface area contributed by atoms with Crippen molar-refractivity contribution in [3.63, 3.8) is 0 Å². The van der Waals surface area contributed by atoms with E-state index in [-0.39, 0.29) is 10.6 Å². The van der Waals surface area contributed by atoms with Gasteiger partial charge in [0.1, 0.15) is 0 Å². The van der Waals surface area contributed by atoms with E-state index in [1.807, 2.05) is 13.0 Å². The van der Waals surface area contributed by atoms with Gasteiger partial charge in [0, 0.05) is 11.6 Å². The van der Waals surface area contributed by atoms with Gasteiger partial charge in [-0.1, -0.05) is 34.1 Å². The van der Waals surface area contributed by atoms with E-state index >= 15 is 0 Å². The first-order valence-corrected chi connectivity index (χ1v) is 6.04. The van der Waals surface area contributed by atoms with Crippen LogP contribution in [0.2, 0.25) is 0 Å². The summed E-state index contributed by atoms with van der Waals surface area (Å²) in [4.78, 5) is 22.2. The van der Waals surface area contributed by atoms with E-state index in [0.717, 1.165) is 11.6 Å². The molecule has 0 aliphatic rings. The molecule has 1 aromatic rings. The Kier molecular flexibility index (Phi) is 4.63. The minimum atomic E-state index is -1.03. The Balaban J connectivity index is 3.26. The molecule has 0 saturated heterocycles. The number of rotatable bonds is 4. The molecule has 1 N–H and O–H groups in total. The van der Waals surface area contributed by atoms with Gasteiger partial charge in [-0.15, -0.1) is 0 Å². The van der Waals surface area contributed by atoms with E-state index in [2.05, 4.69) is 15.9 Å². The van der Waals surface area contributed by atoms with Gasteiger partial charge in [0.25, 0.3) is 0 Å². The second-order valence-electron chi connectivity index (χ2n) is 3.69. The summed E-state index contributed by atoms with van der Waals surface area (Å²) < 4.78 is 0. The van der Waals surface area contributed by atoms with E-state index in [9.17, 15) is 9.59 Å². The quantitative estimate of drug-likeness (QED) is 0.528. The topological polar surface area (TPSA) is 54.4 Å². The fourth-order valence-corrected chi connectivity index (χ4v) is 1.73. The number of aliphatic carboxylic acids is 1. The predicted molar refractivity (Wildman–Crippen MR) is 70.6 cm³/mol. The molecule has 17 heavy (non-hydrogen) atoms. The average Bonchev–Trinajstić information content (AvgIpc) is 2.25. The summed E-state index contributed by atoms with van der Waals surface area (Å²) in [6.45, 7) is 3.59. The summed E-state index contributed by atoms with van der Waals surface area (Å²) in [5, 5.41) is 8.62. The fourth-order valence-electron chi connectivity index (χ4n) is 1.49. The number of carboxylic acid groups (broad SMARTS) is 1. The zero-order chi connectivity index (χ0) is 13.0. The van der Waals surface area contributed by atoms with Crippen molar-refractivity contribution >= 4 is 33.8 Å². The Bertz CT molecular complexity index is 476. The number of hydrogen-bond acceptors (Lipinski definition) is 2. The van der Waals surface area contributed by atoms with Crippen molar-refractivity contribution in [1.29, 1.82) is 0 Å². The molecule has 1 unspecified atom stereocenters. The average molecular weight is 297 g/mol. The lowest BCUT2D eigenvalue weighted by molar-refractivity contribution is -0.131. The molecule has 0 spiro atoms. The number of carboxylic acids is 1. The highest BCUT2D eigenvalue weighted by molar-refractivity contribution is 9.10. The molecule has 90 valence electrons. The Morgan fingerprint density at radius 3 is 2.59 bits per heavy atom. The number of Topliss-reactive ketones (excluding diaryl/α,β-unsaturated/α-hetero) is 1. The van der Waals surface area contributed by atoms with Crippen molar-refractivity contribution in [2.45, 2.75) is 18.7 Å². The number of halogens is 1. The van der Waals surface area contributed by atoms with Crippen molar-refractivity contribution in [3.05, 3.63) is 41.0 Å². The maximum absolute atomic E-state index is 11.9. The van der Waals surface area contributed by atoms with Crippen molar-refractivity contribution < 1.29 is 14.7 Å². The van der Waals surface area contributed by atoms with Gasteiger partial charge in [0.15, 0.2) is 5.78 Å². The SMILES string of the molecule is Cc1cccc(C(=O)C(C)Br)c1/C=C/C(=O)O. The number of carbonyl (C=O) groups excluding carboxylic acids is 1. The van der Waals surface area contributed by atoms with Crippen LogP contribution in [0, 0.1) is 6.92 Å². The van der Waals surface area contributed by atoms with E-state index in [0.29, 0.717) is 11.1 Å². The smallest absolute Gasteiger partial charge is 0.328 e. The van der Waals surface area contributed by atoms with Crippen LogP contribution in [0.1, 0.15) is 28.4 Å². The molecule has 0 radical (unpaired) electrons. The highest BCUT2D eigenvalue weighted by atomic mass is 79.9. The Hall–Kier alpha value is -1.42. The van der Waals surface area contributed by atoms with Crippen LogP contribution >= 0.6 is 15.9 Å². The van der Waals surface area contributed by atoms with Crippen molar-refractivity contribution in [2.75, 3.05) is 0 Å². The largest absolute Gasteiger partial charge is 0.478 e. The maximum Gasteiger partial charge on any atom is 0.328 e. The summed E-state index contributed by atoms with van der Waals surface area (Å²) in [5.74, 6) is -1.09. The highest BCUT2D eigenvalue weighted by Gasteiger charge is 2.15. The van der Waals surface area contributed by atoms with E-state index in [4.69, 9.17) is 5.11 Å². The number of hydrogen-bond donors (Lipinski definition) is 1. The first-order chi connectivity index (χ1) is 7.93. The zero-order valence-corrected chi connectivity index (χ0v) is 11.2. The molecule has 0 heterocycles. The molecule has 1 atom stereocenters. The van der Waals surface area contributed by atoms with Crippen molar-refractivity contribution in [2.24, 2.45) is 0 Å². The Morgan fingerprint density at radius 1 is 1.41 bits per heavy atom. The number of carbonyl (C=O) groups is 2. The molecule has 1 aromatic carbocycles. The normalized spacial score (nSPS) is 12.6. The second kappa shape index (κ2) is 5.77. The Labute approximate surface area is 108 Å². The zero-order valence-electron chi connectivity index (χ0n) is 9.61. The minimum Gasteiger partial charge on any atom is -0.478 e. The molecule has 0 fully saturated rings. The molecule has 0 aliphatic carbocycles. The van der Waals surface area contributed by atoms with Crippen LogP contribution in [0.25, 0.3) is 6.08 Å². The number of benzene rings is 1. The van der Waals surface area contributed by atoms with E-state index in [1.54, 1.807) is 19.1 Å². The lowest BCUT2D eigenvalue weighted by Crippen LogP contribution is -2.12. The first-order valence-electron chi connectivity index (χ1n) is 5.12. The molecule has 0 aliphatic heterocycles. The van der Waals surface area contributed by atoms with E-state index in [1.165, 1.54) is 6.08 Å². The van der Waals surface area contributed by atoms with Crippen molar-refractivity contribution in [1.82, 2.24) is 0 Å². The molecule has 0 amide bonds. The van der Waals surface area contributed by atoms with Crippen LogP contribution < -0.4 is 0 Å². The summed E-state index contributed by atoms with van der Waals surface area (Å²) in [6, 6.07) is 5.34. The lowest BCUT2D eigenvalue weighted by atomic mass is 9.97. The van der Waals surface area contributed by atoms with Gasteiger partial charge in [0.05, 0.1) is 4.83 Å². The Morgan fingerprint density at radius 2 is 2.06 bits per heavy atom. The summed E-state index contributed by atoms with van der Waals surface area (Å²) >= 11 is 3.23. The van der Waals surface area contributed by atoms with Gasteiger partial charge >= 0.3 is 5.97 Å². The molecule has 0 saturated carbocycles. The van der Waals surface area contributed by atoms with Gasteiger partial charge in [-0.2, -0.15) is 0 Å². The van der Waals surface area contributed by atoms with Gasteiger partial charge in [-0.25, -0.2) is 4.79 Å². The van der Waals surface area contributed by atoms with Crippen LogP contribution in [-0.4, -0.2) is 21.7 Å². The molecule has 0 bridgehead atoms. The lowest BCUT2D eigenvalue weighted by Gasteiger charge is -2.09. The molecule has 4 heteroatoms. The standard InChI is InChI=1S/C13H13BrO3/c1-8-4-3-5-11(13(17)9(2)14)10(8)6-7-12(15)16/h3-7,9H,1-2H3,(H,15,16)/b7-6+. The first kappa shape index (κ1) is 13.6. The molecular weight excluding hydrogens is 284 g/mol. The predicted octanol–water partition coefficient (Wildman–Crippen LogP) is 3.06. The number of aryl methyl sites for hydroxylation is 1. The van der Waals surface area contributed by atoms with Gasteiger partial charge in [0.2, 0.25) is 0 Å². The third-order valence-electron chi connectivity index (χ3n) is 2.34. The second-order valence-corrected chi connectivity index (χ2v) is 5.06. The molecule has 1 rings (SSSR count). The van der Waals surface area contributed by atoms with Crippen LogP contribution in [0.5, 0.6) is 0 Å². The van der Waals surface area contributed by atoms with Crippen LogP contribution in [0.3, 0.4) is 0 Å². The van der Waals surface area contributed by atoms with Crippen molar-refractivity contribution in [3.8, 4) is 0 Å². The van der Waals surface area contributed by atoms with Crippen LogP contribution in [0.15, 0.2) is 24.3 Å². The van der Waals surface area contributed by atoms with E-state index < -0.39 is 5.97 Å². The fraction of sp³-hybridized carbons (Fsp3) is 0.231. The van der Waals surface area contributed by atoms with Gasteiger partial charge in [-0.05, 0) is 31.1 Å². The number of alkyl halides is 1. The van der Waals surface area contributed by atoms with Gasteiger partial charge in [-0.3, -0.25) is 4.79 Å². The summed E-state index contributed by atoms with van der Waals surface area (Å²) in [6.07, 6.45) is 2.50. The van der Waals surface area contributed by atoms with Crippen LogP contribution in [-0.2, 0) is 4.79 Å². The third-order valence-corrected chi connectivity index (χ3v) is 2.76. The van der Waals surface area contributed by atoms with Gasteiger partial charge < -0.3 is 5.11 Å². The summed E-state index contributed by atoms with van der Waals surface area (Å²) in [5.41, 5.74) is 2.07. The number of ketones is 1. The highest BCUT2D eigenvalue weighted by Crippen LogP contribution is 2.19. The summed E-state index contributed by atoms with van der Waals surface area (Å²) in [7, 11) is 0.